The molecule has 3 nitrogen and oxygen atoms in total. The van der Waals surface area contributed by atoms with Gasteiger partial charge in [-0.05, 0) is 18.6 Å². The number of hydrogen-bond donors (Lipinski definition) is 1. The quantitative estimate of drug-likeness (QED) is 0.602. The second-order valence-corrected chi connectivity index (χ2v) is 3.33. The van der Waals surface area contributed by atoms with Crippen LogP contribution in [-0.2, 0) is 4.74 Å². The highest BCUT2D eigenvalue weighted by Gasteiger charge is 2.05. The predicted octanol–water partition coefficient (Wildman–Crippen LogP) is 2.13. The van der Waals surface area contributed by atoms with Crippen LogP contribution in [0.15, 0.2) is 12.1 Å². The van der Waals surface area contributed by atoms with E-state index in [1.807, 2.05) is 0 Å². The van der Waals surface area contributed by atoms with Crippen LogP contribution >= 0.6 is 0 Å². The van der Waals surface area contributed by atoms with E-state index in [4.69, 9.17) is 15.2 Å². The molecule has 0 atom stereocenters. The second kappa shape index (κ2) is 5.56. The Morgan fingerprint density at radius 2 is 2.07 bits per heavy atom. The van der Waals surface area contributed by atoms with E-state index in [1.54, 1.807) is 20.1 Å². The highest BCUT2D eigenvalue weighted by atomic mass is 19.1. The molecule has 84 valence electrons. The molecule has 2 N–H and O–H groups in total. The first-order chi connectivity index (χ1) is 7.15. The van der Waals surface area contributed by atoms with E-state index in [1.165, 1.54) is 6.07 Å². The van der Waals surface area contributed by atoms with Crippen molar-refractivity contribution in [2.75, 3.05) is 26.1 Å². The predicted molar refractivity (Wildman–Crippen MR) is 57.5 cm³/mol. The molecule has 0 spiro atoms. The number of anilines is 1. The maximum absolute atomic E-state index is 13.0. The van der Waals surface area contributed by atoms with Crippen LogP contribution in [0.2, 0.25) is 0 Å². The van der Waals surface area contributed by atoms with Crippen LogP contribution in [0, 0.1) is 12.7 Å². The van der Waals surface area contributed by atoms with Crippen molar-refractivity contribution in [3.8, 4) is 5.75 Å². The third-order valence-corrected chi connectivity index (χ3v) is 2.04. The van der Waals surface area contributed by atoms with Gasteiger partial charge in [-0.3, -0.25) is 0 Å². The topological polar surface area (TPSA) is 44.5 Å². The lowest BCUT2D eigenvalue weighted by Crippen LogP contribution is -2.04. The van der Waals surface area contributed by atoms with Gasteiger partial charge in [0.1, 0.15) is 11.6 Å². The second-order valence-electron chi connectivity index (χ2n) is 3.33. The summed E-state index contributed by atoms with van der Waals surface area (Å²) < 4.78 is 23.3. The summed E-state index contributed by atoms with van der Waals surface area (Å²) in [6.45, 7) is 2.83. The van der Waals surface area contributed by atoms with E-state index >= 15 is 0 Å². The minimum absolute atomic E-state index is 0.309. The number of methoxy groups -OCH3 is 1. The van der Waals surface area contributed by atoms with Gasteiger partial charge in [0.15, 0.2) is 0 Å². The molecule has 1 aromatic carbocycles. The van der Waals surface area contributed by atoms with Crippen LogP contribution in [0.1, 0.15) is 12.0 Å². The molecule has 0 amide bonds. The van der Waals surface area contributed by atoms with Gasteiger partial charge >= 0.3 is 0 Å². The van der Waals surface area contributed by atoms with Gasteiger partial charge in [-0.1, -0.05) is 0 Å². The number of ether oxygens (including phenoxy) is 2. The fourth-order valence-corrected chi connectivity index (χ4v) is 1.18. The fraction of sp³-hybridized carbons (Fsp3) is 0.455. The maximum Gasteiger partial charge on any atom is 0.142 e. The van der Waals surface area contributed by atoms with Gasteiger partial charge in [-0.2, -0.15) is 0 Å². The summed E-state index contributed by atoms with van der Waals surface area (Å²) in [6.07, 6.45) is 0.784. The molecule has 1 aromatic rings. The van der Waals surface area contributed by atoms with Crippen LogP contribution in [0.5, 0.6) is 5.75 Å². The number of nitrogen functional groups attached to an aromatic ring is 1. The Bertz CT molecular complexity index is 329. The molecule has 0 unspecified atom stereocenters. The zero-order valence-corrected chi connectivity index (χ0v) is 9.05. The Morgan fingerprint density at radius 1 is 1.33 bits per heavy atom. The van der Waals surface area contributed by atoms with E-state index in [-0.39, 0.29) is 5.82 Å². The van der Waals surface area contributed by atoms with E-state index in [0.717, 1.165) is 6.42 Å². The van der Waals surface area contributed by atoms with E-state index < -0.39 is 0 Å². The SMILES string of the molecule is COCCCOc1cc(C)c(F)cc1N. The molecule has 0 bridgehead atoms. The normalized spacial score (nSPS) is 10.3. The summed E-state index contributed by atoms with van der Waals surface area (Å²) in [4.78, 5) is 0. The van der Waals surface area contributed by atoms with Gasteiger partial charge in [-0.15, -0.1) is 0 Å². The molecular weight excluding hydrogens is 197 g/mol. The van der Waals surface area contributed by atoms with Crippen LogP contribution < -0.4 is 10.5 Å². The van der Waals surface area contributed by atoms with Crippen molar-refractivity contribution in [2.45, 2.75) is 13.3 Å². The summed E-state index contributed by atoms with van der Waals surface area (Å²) in [5.41, 5.74) is 6.47. The minimum atomic E-state index is -0.309. The van der Waals surface area contributed by atoms with Gasteiger partial charge < -0.3 is 15.2 Å². The Labute approximate surface area is 89.0 Å². The molecule has 0 saturated heterocycles. The zero-order chi connectivity index (χ0) is 11.3. The minimum Gasteiger partial charge on any atom is -0.491 e. The first kappa shape index (κ1) is 11.8. The van der Waals surface area contributed by atoms with Crippen LogP contribution in [0.25, 0.3) is 0 Å². The lowest BCUT2D eigenvalue weighted by molar-refractivity contribution is 0.172. The number of aryl methyl sites for hydroxylation is 1. The molecule has 1 rings (SSSR count). The Morgan fingerprint density at radius 3 is 2.73 bits per heavy atom. The van der Waals surface area contributed by atoms with E-state index in [9.17, 15) is 4.39 Å². The molecule has 0 saturated carbocycles. The van der Waals surface area contributed by atoms with Crippen molar-refractivity contribution in [2.24, 2.45) is 0 Å². The molecular formula is C11H16FNO2. The summed E-state index contributed by atoms with van der Waals surface area (Å²) in [7, 11) is 1.64. The number of nitrogens with two attached hydrogens (primary N) is 1. The largest absolute Gasteiger partial charge is 0.491 e. The van der Waals surface area contributed by atoms with Crippen LogP contribution in [-0.4, -0.2) is 20.3 Å². The molecule has 15 heavy (non-hydrogen) atoms. The third-order valence-electron chi connectivity index (χ3n) is 2.04. The molecule has 0 aromatic heterocycles. The molecule has 0 heterocycles. The van der Waals surface area contributed by atoms with Gasteiger partial charge in [-0.25, -0.2) is 4.39 Å². The van der Waals surface area contributed by atoms with Crippen molar-refractivity contribution in [1.82, 2.24) is 0 Å². The summed E-state index contributed by atoms with van der Waals surface area (Å²) in [6, 6.07) is 2.89. The molecule has 0 fully saturated rings. The molecule has 0 radical (unpaired) electrons. The Balaban J connectivity index is 2.57. The monoisotopic (exact) mass is 213 g/mol. The maximum atomic E-state index is 13.0. The van der Waals surface area contributed by atoms with Crippen molar-refractivity contribution in [3.05, 3.63) is 23.5 Å². The molecule has 0 aliphatic heterocycles. The average molecular weight is 213 g/mol. The fourth-order valence-electron chi connectivity index (χ4n) is 1.18. The smallest absolute Gasteiger partial charge is 0.142 e. The molecule has 0 aliphatic rings. The van der Waals surface area contributed by atoms with Crippen molar-refractivity contribution in [1.29, 1.82) is 0 Å². The van der Waals surface area contributed by atoms with Gasteiger partial charge in [0.25, 0.3) is 0 Å². The molecule has 0 aliphatic carbocycles. The summed E-state index contributed by atoms with van der Waals surface area (Å²) in [5.74, 6) is 0.224. The highest BCUT2D eigenvalue weighted by molar-refractivity contribution is 5.54. The number of halogens is 1. The number of rotatable bonds is 5. The lowest BCUT2D eigenvalue weighted by atomic mass is 10.2. The lowest BCUT2D eigenvalue weighted by Gasteiger charge is -2.09. The highest BCUT2D eigenvalue weighted by Crippen LogP contribution is 2.24. The average Bonchev–Trinajstić information content (AvgIpc) is 2.20. The van der Waals surface area contributed by atoms with Crippen LogP contribution in [0.3, 0.4) is 0 Å². The Hall–Kier alpha value is -1.29. The number of benzene rings is 1. The summed E-state index contributed by atoms with van der Waals surface area (Å²) >= 11 is 0. The first-order valence-electron chi connectivity index (χ1n) is 4.82. The summed E-state index contributed by atoms with van der Waals surface area (Å²) in [5, 5.41) is 0. The Kier molecular flexibility index (Phi) is 4.37. The van der Waals surface area contributed by atoms with Gasteiger partial charge in [0.2, 0.25) is 0 Å². The first-order valence-corrected chi connectivity index (χ1v) is 4.82. The van der Waals surface area contributed by atoms with Gasteiger partial charge in [0.05, 0.1) is 12.3 Å². The van der Waals surface area contributed by atoms with E-state index in [0.29, 0.717) is 30.2 Å². The van der Waals surface area contributed by atoms with Crippen molar-refractivity contribution in [3.63, 3.8) is 0 Å². The third kappa shape index (κ3) is 3.40. The number of hydrogen-bond acceptors (Lipinski definition) is 3. The zero-order valence-electron chi connectivity index (χ0n) is 9.05. The van der Waals surface area contributed by atoms with E-state index in [2.05, 4.69) is 0 Å². The van der Waals surface area contributed by atoms with Crippen molar-refractivity contribution < 1.29 is 13.9 Å². The van der Waals surface area contributed by atoms with Crippen LogP contribution in [0.4, 0.5) is 10.1 Å². The van der Waals surface area contributed by atoms with Crippen molar-refractivity contribution >= 4 is 5.69 Å². The standard InChI is InChI=1S/C11H16FNO2/c1-8-6-11(10(13)7-9(8)12)15-5-3-4-14-2/h6-7H,3-5,13H2,1-2H3. The van der Waals surface area contributed by atoms with Gasteiger partial charge in [0, 0.05) is 26.2 Å². The molecule has 4 heteroatoms.